The van der Waals surface area contributed by atoms with Crippen LogP contribution in [0.5, 0.6) is 17.2 Å². The highest BCUT2D eigenvalue weighted by molar-refractivity contribution is 6.32. The summed E-state index contributed by atoms with van der Waals surface area (Å²) in [5.41, 5.74) is 2.95. The first-order chi connectivity index (χ1) is 11.0. The molecule has 120 valence electrons. The van der Waals surface area contributed by atoms with Crippen molar-refractivity contribution in [2.45, 2.75) is 6.92 Å². The van der Waals surface area contributed by atoms with Gasteiger partial charge in [-0.05, 0) is 36.8 Å². The number of hydrogen-bond donors (Lipinski definition) is 3. The Morgan fingerprint density at radius 2 is 2.09 bits per heavy atom. The van der Waals surface area contributed by atoms with Gasteiger partial charge in [0, 0.05) is 0 Å². The third kappa shape index (κ3) is 4.14. The summed E-state index contributed by atoms with van der Waals surface area (Å²) in [4.78, 5) is 11.9. The van der Waals surface area contributed by atoms with Crippen molar-refractivity contribution in [3.63, 3.8) is 0 Å². The van der Waals surface area contributed by atoms with E-state index in [0.717, 1.165) is 0 Å². The van der Waals surface area contributed by atoms with E-state index in [4.69, 9.17) is 16.3 Å². The molecule has 6 nitrogen and oxygen atoms in total. The fourth-order valence-corrected chi connectivity index (χ4v) is 2.04. The lowest BCUT2D eigenvalue weighted by Gasteiger charge is -2.08. The highest BCUT2D eigenvalue weighted by Gasteiger charge is 2.10. The molecular formula is C16H15ClN2O4. The van der Waals surface area contributed by atoms with Gasteiger partial charge in [-0.2, -0.15) is 5.10 Å². The maximum Gasteiger partial charge on any atom is 0.275 e. The minimum Gasteiger partial charge on any atom is -0.507 e. The first kappa shape index (κ1) is 16.6. The molecule has 0 saturated carbocycles. The number of phenolic OH excluding ortho intramolecular Hbond substituents is 2. The number of para-hydroxylation sites is 1. The van der Waals surface area contributed by atoms with Gasteiger partial charge >= 0.3 is 0 Å². The Labute approximate surface area is 138 Å². The predicted octanol–water partition coefficient (Wildman–Crippen LogP) is 2.91. The maximum absolute atomic E-state index is 11.9. The van der Waals surface area contributed by atoms with Crippen LogP contribution in [0, 0.1) is 0 Å². The highest BCUT2D eigenvalue weighted by atomic mass is 35.5. The Kier molecular flexibility index (Phi) is 5.43. The number of nitrogens with one attached hydrogen (secondary N) is 1. The van der Waals surface area contributed by atoms with E-state index in [9.17, 15) is 15.0 Å². The Hall–Kier alpha value is -2.73. The number of phenols is 2. The minimum absolute atomic E-state index is 0.114. The SMILES string of the molecule is CCOc1cc(/C=N/NC(=O)c2ccccc2O)cc(Cl)c1O. The third-order valence-corrected chi connectivity index (χ3v) is 3.17. The van der Waals surface area contributed by atoms with Crippen LogP contribution in [-0.2, 0) is 0 Å². The normalized spacial score (nSPS) is 10.7. The van der Waals surface area contributed by atoms with Gasteiger partial charge in [0.1, 0.15) is 5.75 Å². The van der Waals surface area contributed by atoms with Gasteiger partial charge < -0.3 is 14.9 Å². The Bertz CT molecular complexity index is 747. The zero-order valence-corrected chi connectivity index (χ0v) is 13.0. The molecule has 0 radical (unpaired) electrons. The van der Waals surface area contributed by atoms with Crippen molar-refractivity contribution in [3.05, 3.63) is 52.5 Å². The van der Waals surface area contributed by atoms with Crippen LogP contribution in [0.2, 0.25) is 5.02 Å². The van der Waals surface area contributed by atoms with Crippen LogP contribution in [-0.4, -0.2) is 28.9 Å². The second-order valence-electron chi connectivity index (χ2n) is 4.50. The van der Waals surface area contributed by atoms with E-state index in [1.807, 2.05) is 0 Å². The first-order valence-electron chi connectivity index (χ1n) is 6.79. The number of aromatic hydroxyl groups is 2. The molecule has 0 saturated heterocycles. The molecular weight excluding hydrogens is 320 g/mol. The molecule has 0 aliphatic carbocycles. The number of benzene rings is 2. The van der Waals surface area contributed by atoms with E-state index in [0.29, 0.717) is 12.2 Å². The molecule has 1 amide bonds. The van der Waals surface area contributed by atoms with E-state index in [1.165, 1.54) is 24.4 Å². The summed E-state index contributed by atoms with van der Waals surface area (Å²) in [6.45, 7) is 2.15. The van der Waals surface area contributed by atoms with E-state index in [2.05, 4.69) is 10.5 Å². The van der Waals surface area contributed by atoms with Crippen molar-refractivity contribution in [2.75, 3.05) is 6.61 Å². The van der Waals surface area contributed by atoms with Crippen molar-refractivity contribution in [1.29, 1.82) is 0 Å². The number of hydrazone groups is 1. The van der Waals surface area contributed by atoms with Crippen molar-refractivity contribution in [1.82, 2.24) is 5.43 Å². The number of carbonyl (C=O) groups is 1. The molecule has 7 heteroatoms. The van der Waals surface area contributed by atoms with Crippen LogP contribution >= 0.6 is 11.6 Å². The molecule has 23 heavy (non-hydrogen) atoms. The summed E-state index contributed by atoms with van der Waals surface area (Å²) in [5.74, 6) is -0.599. The zero-order chi connectivity index (χ0) is 16.8. The quantitative estimate of drug-likeness (QED) is 0.579. The Balaban J connectivity index is 2.12. The zero-order valence-electron chi connectivity index (χ0n) is 12.3. The second kappa shape index (κ2) is 7.51. The van der Waals surface area contributed by atoms with Gasteiger partial charge in [0.15, 0.2) is 11.5 Å². The van der Waals surface area contributed by atoms with Crippen molar-refractivity contribution < 1.29 is 19.7 Å². The molecule has 0 unspecified atom stereocenters. The molecule has 0 atom stereocenters. The van der Waals surface area contributed by atoms with E-state index >= 15 is 0 Å². The van der Waals surface area contributed by atoms with Gasteiger partial charge in [0.2, 0.25) is 0 Å². The second-order valence-corrected chi connectivity index (χ2v) is 4.91. The summed E-state index contributed by atoms with van der Waals surface area (Å²) in [7, 11) is 0. The van der Waals surface area contributed by atoms with Crippen LogP contribution in [0.25, 0.3) is 0 Å². The smallest absolute Gasteiger partial charge is 0.275 e. The Morgan fingerprint density at radius 3 is 2.78 bits per heavy atom. The monoisotopic (exact) mass is 334 g/mol. The lowest BCUT2D eigenvalue weighted by Crippen LogP contribution is -2.17. The standard InChI is InChI=1S/C16H15ClN2O4/c1-2-23-14-8-10(7-12(17)15(14)21)9-18-19-16(22)11-5-3-4-6-13(11)20/h3-9,20-21H,2H2,1H3,(H,19,22)/b18-9+. The van der Waals surface area contributed by atoms with Crippen LogP contribution < -0.4 is 10.2 Å². The van der Waals surface area contributed by atoms with Gasteiger partial charge in [-0.15, -0.1) is 0 Å². The number of rotatable bonds is 5. The number of amides is 1. The van der Waals surface area contributed by atoms with Crippen LogP contribution in [0.4, 0.5) is 0 Å². The largest absolute Gasteiger partial charge is 0.507 e. The van der Waals surface area contributed by atoms with Crippen molar-refractivity contribution >= 4 is 23.7 Å². The topological polar surface area (TPSA) is 91.2 Å². The number of nitrogens with zero attached hydrogens (tertiary/aromatic N) is 1. The number of halogens is 1. The van der Waals surface area contributed by atoms with Gasteiger partial charge in [0.05, 0.1) is 23.4 Å². The van der Waals surface area contributed by atoms with Gasteiger partial charge in [-0.3, -0.25) is 4.79 Å². The lowest BCUT2D eigenvalue weighted by atomic mass is 10.2. The molecule has 2 aromatic carbocycles. The summed E-state index contributed by atoms with van der Waals surface area (Å²) in [5, 5.41) is 23.2. The molecule has 2 rings (SSSR count). The first-order valence-corrected chi connectivity index (χ1v) is 7.17. The summed E-state index contributed by atoms with van der Waals surface area (Å²) in [6, 6.07) is 9.16. The molecule has 0 fully saturated rings. The maximum atomic E-state index is 11.9. The summed E-state index contributed by atoms with van der Waals surface area (Å²) < 4.78 is 5.25. The molecule has 0 aromatic heterocycles. The molecule has 0 spiro atoms. The summed E-state index contributed by atoms with van der Waals surface area (Å²) >= 11 is 5.90. The van der Waals surface area contributed by atoms with Crippen molar-refractivity contribution in [2.24, 2.45) is 5.10 Å². The van der Waals surface area contributed by atoms with Crippen LogP contribution in [0.15, 0.2) is 41.5 Å². The van der Waals surface area contributed by atoms with Gasteiger partial charge in [-0.1, -0.05) is 23.7 Å². The molecule has 0 heterocycles. The Morgan fingerprint density at radius 1 is 1.35 bits per heavy atom. The lowest BCUT2D eigenvalue weighted by molar-refractivity contribution is 0.0952. The fraction of sp³-hybridized carbons (Fsp3) is 0.125. The molecule has 0 aliphatic heterocycles. The fourth-order valence-electron chi connectivity index (χ4n) is 1.83. The number of carbonyl (C=O) groups excluding carboxylic acids is 1. The minimum atomic E-state index is -0.547. The molecule has 2 aromatic rings. The van der Waals surface area contributed by atoms with Crippen LogP contribution in [0.1, 0.15) is 22.8 Å². The average molecular weight is 335 g/mol. The highest BCUT2D eigenvalue weighted by Crippen LogP contribution is 2.34. The average Bonchev–Trinajstić information content (AvgIpc) is 2.52. The predicted molar refractivity (Wildman–Crippen MR) is 87.5 cm³/mol. The van der Waals surface area contributed by atoms with E-state index < -0.39 is 5.91 Å². The molecule has 3 N–H and O–H groups in total. The molecule has 0 bridgehead atoms. The van der Waals surface area contributed by atoms with Gasteiger partial charge in [0.25, 0.3) is 5.91 Å². The number of ether oxygens (including phenoxy) is 1. The van der Waals surface area contributed by atoms with Gasteiger partial charge in [-0.25, -0.2) is 5.43 Å². The summed E-state index contributed by atoms with van der Waals surface area (Å²) in [6.07, 6.45) is 1.35. The van der Waals surface area contributed by atoms with Crippen molar-refractivity contribution in [3.8, 4) is 17.2 Å². The molecule has 0 aliphatic rings. The van der Waals surface area contributed by atoms with Crippen LogP contribution in [0.3, 0.4) is 0 Å². The third-order valence-electron chi connectivity index (χ3n) is 2.88. The van der Waals surface area contributed by atoms with E-state index in [1.54, 1.807) is 25.1 Å². The number of hydrogen-bond acceptors (Lipinski definition) is 5. The van der Waals surface area contributed by atoms with E-state index in [-0.39, 0.29) is 27.8 Å².